The Bertz CT molecular complexity index is 1170. The van der Waals surface area contributed by atoms with Crippen molar-refractivity contribution in [3.63, 3.8) is 0 Å². The van der Waals surface area contributed by atoms with Crippen LogP contribution in [0.1, 0.15) is 36.2 Å². The third-order valence-corrected chi connectivity index (χ3v) is 5.41. The summed E-state index contributed by atoms with van der Waals surface area (Å²) >= 11 is 0. The van der Waals surface area contributed by atoms with Crippen molar-refractivity contribution in [3.05, 3.63) is 39.7 Å². The van der Waals surface area contributed by atoms with Gasteiger partial charge in [0.25, 0.3) is 0 Å². The first-order chi connectivity index (χ1) is 15.0. The maximum Gasteiger partial charge on any atom is 0.471 e. The molecule has 2 aromatic rings. The van der Waals surface area contributed by atoms with Crippen LogP contribution >= 0.6 is 0 Å². The van der Waals surface area contributed by atoms with Gasteiger partial charge in [-0.15, -0.1) is 0 Å². The molecule has 1 aromatic heterocycles. The van der Waals surface area contributed by atoms with E-state index in [1.54, 1.807) is 12.2 Å². The van der Waals surface area contributed by atoms with E-state index in [1.165, 1.54) is 10.8 Å². The lowest BCUT2D eigenvalue weighted by Crippen LogP contribution is -2.61. The van der Waals surface area contributed by atoms with Gasteiger partial charge in [0.05, 0.1) is 23.6 Å². The highest BCUT2D eigenvalue weighted by Crippen LogP contribution is 2.40. The van der Waals surface area contributed by atoms with Crippen LogP contribution in [-0.2, 0) is 9.53 Å². The molecule has 7 nitrogen and oxygen atoms in total. The fraction of sp³-hybridized carbons (Fsp3) is 0.450. The largest absolute Gasteiger partial charge is 0.471 e. The van der Waals surface area contributed by atoms with Crippen molar-refractivity contribution in [2.75, 3.05) is 24.6 Å². The number of pyridine rings is 1. The second kappa shape index (κ2) is 7.75. The molecule has 1 aliphatic heterocycles. The van der Waals surface area contributed by atoms with Gasteiger partial charge in [-0.3, -0.25) is 9.59 Å². The number of rotatable bonds is 5. The van der Waals surface area contributed by atoms with Gasteiger partial charge >= 0.3 is 18.1 Å². The zero-order valence-corrected chi connectivity index (χ0v) is 16.8. The second-order valence-corrected chi connectivity index (χ2v) is 7.72. The van der Waals surface area contributed by atoms with Gasteiger partial charge in [-0.05, 0) is 25.8 Å². The number of alkyl halides is 3. The van der Waals surface area contributed by atoms with E-state index in [0.717, 1.165) is 11.0 Å². The Kier molecular flexibility index (Phi) is 5.33. The molecule has 12 heteroatoms. The number of anilines is 1. The summed E-state index contributed by atoms with van der Waals surface area (Å²) in [5.74, 6) is -5.18. The minimum absolute atomic E-state index is 0.0163. The van der Waals surface area contributed by atoms with Gasteiger partial charge in [0.15, 0.2) is 5.82 Å². The Balaban J connectivity index is 1.72. The summed E-state index contributed by atoms with van der Waals surface area (Å²) in [5.41, 5.74) is -1.91. The van der Waals surface area contributed by atoms with Crippen LogP contribution < -0.4 is 15.6 Å². The van der Waals surface area contributed by atoms with Gasteiger partial charge in [-0.1, -0.05) is 0 Å². The fourth-order valence-corrected chi connectivity index (χ4v) is 3.74. The average molecular weight is 459 g/mol. The van der Waals surface area contributed by atoms with Gasteiger partial charge in [0.2, 0.25) is 5.43 Å². The lowest BCUT2D eigenvalue weighted by atomic mass is 10.0. The number of esters is 1. The van der Waals surface area contributed by atoms with E-state index in [9.17, 15) is 31.9 Å². The van der Waals surface area contributed by atoms with Gasteiger partial charge in [0, 0.05) is 25.3 Å². The van der Waals surface area contributed by atoms with Crippen LogP contribution in [0.4, 0.5) is 27.6 Å². The summed E-state index contributed by atoms with van der Waals surface area (Å²) in [6.07, 6.45) is -2.52. The van der Waals surface area contributed by atoms with E-state index in [1.807, 2.05) is 0 Å². The van der Waals surface area contributed by atoms with Crippen LogP contribution in [0.3, 0.4) is 0 Å². The molecule has 0 bridgehead atoms. The molecule has 2 aliphatic rings. The molecule has 0 spiro atoms. The number of aromatic nitrogens is 1. The number of hydrogen-bond donors (Lipinski definition) is 1. The number of ether oxygens (including phenoxy) is 1. The molecule has 1 aromatic carbocycles. The fourth-order valence-electron chi connectivity index (χ4n) is 3.74. The molecule has 172 valence electrons. The van der Waals surface area contributed by atoms with Crippen LogP contribution in [0, 0.1) is 11.6 Å². The van der Waals surface area contributed by atoms with Gasteiger partial charge in [-0.2, -0.15) is 13.2 Å². The minimum atomic E-state index is -5.06. The smallest absolute Gasteiger partial charge is 0.462 e. The zero-order chi connectivity index (χ0) is 23.4. The van der Waals surface area contributed by atoms with E-state index in [0.29, 0.717) is 12.8 Å². The van der Waals surface area contributed by atoms with Gasteiger partial charge in [-0.25, -0.2) is 13.6 Å². The molecule has 1 amide bonds. The summed E-state index contributed by atoms with van der Waals surface area (Å²) in [4.78, 5) is 37.1. The number of carbonyl (C=O) groups excluding carboxylic acids is 2. The van der Waals surface area contributed by atoms with E-state index >= 15 is 4.39 Å². The predicted molar refractivity (Wildman–Crippen MR) is 103 cm³/mol. The standard InChI is InChI=1S/C20H18F5N3O4/c1-2-32-18(30)12-8-28(10-3-4-10)15-11(17(12)29)5-13(21)16(14(15)22)27-6-9(7-27)26-19(31)20(23,24)25/h5,8-10H,2-4,6-7H2,1H3,(H,26,31). The van der Waals surface area contributed by atoms with Crippen molar-refractivity contribution in [2.45, 2.75) is 38.0 Å². The third kappa shape index (κ3) is 3.78. The average Bonchev–Trinajstić information content (AvgIpc) is 3.51. The number of hydrogen-bond acceptors (Lipinski definition) is 5. The molecule has 1 aliphatic carbocycles. The first kappa shape index (κ1) is 22.0. The first-order valence-corrected chi connectivity index (χ1v) is 9.89. The molecular weight excluding hydrogens is 441 g/mol. The van der Waals surface area contributed by atoms with Crippen molar-refractivity contribution in [1.82, 2.24) is 9.88 Å². The number of fused-ring (bicyclic) bond motifs is 1. The molecular formula is C20H18F5N3O4. The lowest BCUT2D eigenvalue weighted by Gasteiger charge is -2.41. The molecule has 4 rings (SSSR count). The van der Waals surface area contributed by atoms with Crippen molar-refractivity contribution >= 4 is 28.5 Å². The van der Waals surface area contributed by atoms with E-state index in [4.69, 9.17) is 4.74 Å². The van der Waals surface area contributed by atoms with E-state index in [2.05, 4.69) is 0 Å². The van der Waals surface area contributed by atoms with Crippen molar-refractivity contribution in [1.29, 1.82) is 0 Å². The Labute approximate surface area is 177 Å². The highest BCUT2D eigenvalue weighted by molar-refractivity contribution is 5.95. The zero-order valence-electron chi connectivity index (χ0n) is 16.8. The minimum Gasteiger partial charge on any atom is -0.462 e. The monoisotopic (exact) mass is 459 g/mol. The maximum absolute atomic E-state index is 15.5. The lowest BCUT2D eigenvalue weighted by molar-refractivity contribution is -0.174. The Morgan fingerprint density at radius 3 is 2.44 bits per heavy atom. The van der Waals surface area contributed by atoms with Gasteiger partial charge < -0.3 is 19.5 Å². The molecule has 2 heterocycles. The molecule has 0 radical (unpaired) electrons. The molecule has 2 fully saturated rings. The Morgan fingerprint density at radius 1 is 1.22 bits per heavy atom. The molecule has 32 heavy (non-hydrogen) atoms. The first-order valence-electron chi connectivity index (χ1n) is 9.89. The van der Waals surface area contributed by atoms with Crippen molar-refractivity contribution in [2.24, 2.45) is 0 Å². The highest BCUT2D eigenvalue weighted by Gasteiger charge is 2.42. The third-order valence-electron chi connectivity index (χ3n) is 5.41. The van der Waals surface area contributed by atoms with Crippen LogP contribution in [-0.4, -0.2) is 48.4 Å². The number of halogens is 5. The number of amides is 1. The van der Waals surface area contributed by atoms with Crippen LogP contribution in [0.15, 0.2) is 17.1 Å². The van der Waals surface area contributed by atoms with Crippen LogP contribution in [0.25, 0.3) is 10.9 Å². The summed E-state index contributed by atoms with van der Waals surface area (Å²) in [6, 6.07) is -0.302. The summed E-state index contributed by atoms with van der Waals surface area (Å²) < 4.78 is 73.7. The Morgan fingerprint density at radius 2 is 1.88 bits per heavy atom. The second-order valence-electron chi connectivity index (χ2n) is 7.72. The van der Waals surface area contributed by atoms with E-state index < -0.39 is 46.8 Å². The molecule has 1 N–H and O–H groups in total. The molecule has 1 saturated heterocycles. The maximum atomic E-state index is 15.5. The number of carbonyl (C=O) groups is 2. The number of nitrogens with zero attached hydrogens (tertiary/aromatic N) is 2. The number of nitrogens with one attached hydrogen (secondary N) is 1. The molecule has 0 unspecified atom stereocenters. The topological polar surface area (TPSA) is 80.6 Å². The molecule has 1 saturated carbocycles. The quantitative estimate of drug-likeness (QED) is 0.550. The number of benzene rings is 1. The predicted octanol–water partition coefficient (Wildman–Crippen LogP) is 2.66. The van der Waals surface area contributed by atoms with Crippen molar-refractivity contribution in [3.8, 4) is 0 Å². The SMILES string of the molecule is CCOC(=O)c1cn(C2CC2)c2c(F)c(N3CC(NC(=O)C(F)(F)F)C3)c(F)cc2c1=O. The Hall–Kier alpha value is -3.18. The summed E-state index contributed by atoms with van der Waals surface area (Å²) in [5, 5.41) is 1.43. The van der Waals surface area contributed by atoms with Crippen molar-refractivity contribution < 1.29 is 36.3 Å². The normalized spacial score (nSPS) is 16.8. The molecule has 0 atom stereocenters. The summed E-state index contributed by atoms with van der Waals surface area (Å²) in [7, 11) is 0. The van der Waals surface area contributed by atoms with Gasteiger partial charge in [0.1, 0.15) is 17.1 Å². The summed E-state index contributed by atoms with van der Waals surface area (Å²) in [6.45, 7) is 1.09. The highest BCUT2D eigenvalue weighted by atomic mass is 19.4. The van der Waals surface area contributed by atoms with Crippen LogP contribution in [0.2, 0.25) is 0 Å². The van der Waals surface area contributed by atoms with E-state index in [-0.39, 0.29) is 42.2 Å². The van der Waals surface area contributed by atoms with Crippen LogP contribution in [0.5, 0.6) is 0 Å².